The number of halogens is 2. The average molecular weight is 242 g/mol. The Morgan fingerprint density at radius 3 is 2.59 bits per heavy atom. The first-order valence-electron chi connectivity index (χ1n) is 5.08. The summed E-state index contributed by atoms with van der Waals surface area (Å²) < 4.78 is 24.4. The Kier molecular flexibility index (Phi) is 2.93. The van der Waals surface area contributed by atoms with Gasteiger partial charge in [-0.2, -0.15) is 0 Å². The Morgan fingerprint density at radius 2 is 2.12 bits per heavy atom. The van der Waals surface area contributed by atoms with Crippen molar-refractivity contribution in [3.05, 3.63) is 28.8 Å². The molecule has 92 valence electrons. The van der Waals surface area contributed by atoms with E-state index in [0.29, 0.717) is 5.65 Å². The molecule has 2 N–H and O–H groups in total. The third kappa shape index (κ3) is 2.50. The fourth-order valence-electron chi connectivity index (χ4n) is 1.37. The zero-order chi connectivity index (χ0) is 12.5. The van der Waals surface area contributed by atoms with E-state index in [2.05, 4.69) is 15.3 Å². The maximum atomic E-state index is 11.5. The van der Waals surface area contributed by atoms with Gasteiger partial charge in [0.05, 0.1) is 18.6 Å². The predicted octanol–water partition coefficient (Wildman–Crippen LogP) is 0.486. The summed E-state index contributed by atoms with van der Waals surface area (Å²) >= 11 is 0. The van der Waals surface area contributed by atoms with Crippen LogP contribution in [0, 0.1) is 0 Å². The maximum Gasteiger partial charge on any atom is 0.327 e. The molecule has 0 amide bonds. The van der Waals surface area contributed by atoms with Gasteiger partial charge in [-0.1, -0.05) is 0 Å². The largest absolute Gasteiger partial charge is 0.327 e. The Balaban J connectivity index is 0.000000153. The van der Waals surface area contributed by atoms with Crippen LogP contribution in [-0.4, -0.2) is 33.5 Å². The average Bonchev–Trinajstić information content (AvgIpc) is 2.55. The lowest BCUT2D eigenvalue weighted by molar-refractivity contribution is -0.0475. The number of alkyl halides is 2. The van der Waals surface area contributed by atoms with Crippen molar-refractivity contribution in [2.24, 2.45) is 7.05 Å². The molecular formula is C10H12F2N4O. The van der Waals surface area contributed by atoms with Gasteiger partial charge in [0.25, 0.3) is 5.92 Å². The highest BCUT2D eigenvalue weighted by atomic mass is 19.3. The molecule has 2 aromatic rings. The summed E-state index contributed by atoms with van der Waals surface area (Å²) in [5.74, 6) is -2.39. The van der Waals surface area contributed by atoms with E-state index in [-0.39, 0.29) is 18.8 Å². The minimum Gasteiger partial charge on any atom is -0.305 e. The van der Waals surface area contributed by atoms with E-state index in [1.165, 1.54) is 4.57 Å². The van der Waals surface area contributed by atoms with E-state index in [1.807, 2.05) is 6.07 Å². The van der Waals surface area contributed by atoms with Crippen molar-refractivity contribution in [1.29, 1.82) is 0 Å². The van der Waals surface area contributed by atoms with Gasteiger partial charge in [-0.15, -0.1) is 0 Å². The monoisotopic (exact) mass is 242 g/mol. The fourth-order valence-corrected chi connectivity index (χ4v) is 1.37. The fraction of sp³-hybridized carbons (Fsp3) is 0.400. The van der Waals surface area contributed by atoms with Crippen LogP contribution in [-0.2, 0) is 7.05 Å². The van der Waals surface area contributed by atoms with E-state index < -0.39 is 5.92 Å². The molecule has 3 rings (SSSR count). The number of aryl methyl sites for hydroxylation is 1. The molecule has 7 heteroatoms. The van der Waals surface area contributed by atoms with Gasteiger partial charge >= 0.3 is 5.69 Å². The Hall–Kier alpha value is -1.76. The summed E-state index contributed by atoms with van der Waals surface area (Å²) in [5, 5.41) is 2.45. The van der Waals surface area contributed by atoms with Gasteiger partial charge in [-0.25, -0.2) is 18.6 Å². The summed E-state index contributed by atoms with van der Waals surface area (Å²) in [6.45, 7) is -0.264. The van der Waals surface area contributed by atoms with Gasteiger partial charge in [-0.05, 0) is 12.1 Å². The van der Waals surface area contributed by atoms with Gasteiger partial charge in [0.15, 0.2) is 5.65 Å². The second-order valence-corrected chi connectivity index (χ2v) is 3.82. The zero-order valence-corrected chi connectivity index (χ0v) is 9.20. The van der Waals surface area contributed by atoms with Crippen LogP contribution in [0.3, 0.4) is 0 Å². The van der Waals surface area contributed by atoms with E-state index in [4.69, 9.17) is 0 Å². The van der Waals surface area contributed by atoms with Crippen molar-refractivity contribution in [2.75, 3.05) is 13.1 Å². The number of H-pyrrole nitrogens is 1. The van der Waals surface area contributed by atoms with Crippen LogP contribution < -0.4 is 11.0 Å². The van der Waals surface area contributed by atoms with E-state index >= 15 is 0 Å². The minimum absolute atomic E-state index is 0.126. The number of aromatic amines is 1. The molecule has 0 atom stereocenters. The molecule has 0 saturated carbocycles. The number of nitrogens with zero attached hydrogens (tertiary/aromatic N) is 2. The van der Waals surface area contributed by atoms with E-state index in [1.54, 1.807) is 19.3 Å². The lowest BCUT2D eigenvalue weighted by Crippen LogP contribution is -2.52. The molecule has 0 bridgehead atoms. The molecule has 0 radical (unpaired) electrons. The highest BCUT2D eigenvalue weighted by Gasteiger charge is 2.36. The van der Waals surface area contributed by atoms with Crippen LogP contribution >= 0.6 is 0 Å². The molecule has 1 fully saturated rings. The van der Waals surface area contributed by atoms with Gasteiger partial charge < -0.3 is 10.3 Å². The SMILES string of the molecule is Cn1c(=O)[nH]c2cccnc21.FC1(F)CNC1. The van der Waals surface area contributed by atoms with Crippen LogP contribution in [0.4, 0.5) is 8.78 Å². The number of imidazole rings is 1. The second-order valence-electron chi connectivity index (χ2n) is 3.82. The highest BCUT2D eigenvalue weighted by molar-refractivity contribution is 5.69. The first-order chi connectivity index (χ1) is 7.99. The van der Waals surface area contributed by atoms with Crippen molar-refractivity contribution in [1.82, 2.24) is 19.9 Å². The minimum atomic E-state index is -2.39. The molecule has 2 aromatic heterocycles. The lowest BCUT2D eigenvalue weighted by atomic mass is 10.2. The Morgan fingerprint density at radius 1 is 1.47 bits per heavy atom. The number of aromatic nitrogens is 3. The molecule has 1 aliphatic rings. The third-order valence-electron chi connectivity index (χ3n) is 2.42. The Bertz CT molecular complexity index is 569. The molecule has 0 aromatic carbocycles. The predicted molar refractivity (Wildman–Crippen MR) is 59.2 cm³/mol. The van der Waals surface area contributed by atoms with E-state index in [0.717, 1.165) is 5.52 Å². The summed E-state index contributed by atoms with van der Waals surface area (Å²) in [6, 6.07) is 3.61. The Labute approximate surface area is 95.5 Å². The van der Waals surface area contributed by atoms with Crippen LogP contribution in [0.25, 0.3) is 11.2 Å². The normalized spacial score (nSPS) is 17.1. The molecule has 5 nitrogen and oxygen atoms in total. The molecule has 1 saturated heterocycles. The lowest BCUT2D eigenvalue weighted by Gasteiger charge is -2.25. The second kappa shape index (κ2) is 4.25. The standard InChI is InChI=1S/C7H7N3O.C3H5F2N/c1-10-6-5(9-7(10)11)3-2-4-8-6;4-3(5)1-6-2-3/h2-4H,1H3,(H,9,11);6H,1-2H2. The van der Waals surface area contributed by atoms with E-state index in [9.17, 15) is 13.6 Å². The van der Waals surface area contributed by atoms with Crippen molar-refractivity contribution < 1.29 is 8.78 Å². The van der Waals surface area contributed by atoms with Gasteiger partial charge in [-0.3, -0.25) is 4.57 Å². The molecule has 0 unspecified atom stereocenters. The smallest absolute Gasteiger partial charge is 0.305 e. The summed E-state index contributed by atoms with van der Waals surface area (Å²) in [5.41, 5.74) is 1.34. The summed E-state index contributed by atoms with van der Waals surface area (Å²) in [4.78, 5) is 17.7. The number of hydrogen-bond acceptors (Lipinski definition) is 3. The van der Waals surface area contributed by atoms with Crippen molar-refractivity contribution in [3.8, 4) is 0 Å². The van der Waals surface area contributed by atoms with Crippen molar-refractivity contribution in [2.45, 2.75) is 5.92 Å². The van der Waals surface area contributed by atoms with Gasteiger partial charge in [0, 0.05) is 13.2 Å². The highest BCUT2D eigenvalue weighted by Crippen LogP contribution is 2.16. The summed E-state index contributed by atoms with van der Waals surface area (Å²) in [7, 11) is 1.69. The van der Waals surface area contributed by atoms with Crippen LogP contribution in [0.2, 0.25) is 0 Å². The molecule has 3 heterocycles. The van der Waals surface area contributed by atoms with Crippen LogP contribution in [0.15, 0.2) is 23.1 Å². The summed E-state index contributed by atoms with van der Waals surface area (Å²) in [6.07, 6.45) is 1.66. The third-order valence-corrected chi connectivity index (χ3v) is 2.42. The van der Waals surface area contributed by atoms with Crippen LogP contribution in [0.5, 0.6) is 0 Å². The van der Waals surface area contributed by atoms with Crippen LogP contribution in [0.1, 0.15) is 0 Å². The molecule has 0 aliphatic carbocycles. The number of pyridine rings is 1. The van der Waals surface area contributed by atoms with Gasteiger partial charge in [0.2, 0.25) is 0 Å². The molecule has 17 heavy (non-hydrogen) atoms. The van der Waals surface area contributed by atoms with Crippen molar-refractivity contribution >= 4 is 11.2 Å². The van der Waals surface area contributed by atoms with Gasteiger partial charge in [0.1, 0.15) is 0 Å². The molecular weight excluding hydrogens is 230 g/mol. The first-order valence-corrected chi connectivity index (χ1v) is 5.08. The zero-order valence-electron chi connectivity index (χ0n) is 9.20. The van der Waals surface area contributed by atoms with Crippen molar-refractivity contribution in [3.63, 3.8) is 0 Å². The maximum absolute atomic E-state index is 11.5. The molecule has 0 spiro atoms. The number of nitrogens with one attached hydrogen (secondary N) is 2. The number of rotatable bonds is 0. The molecule has 1 aliphatic heterocycles. The quantitative estimate of drug-likeness (QED) is 0.706. The topological polar surface area (TPSA) is 62.7 Å². The number of fused-ring (bicyclic) bond motifs is 1. The first kappa shape index (κ1) is 11.7. The number of hydrogen-bond donors (Lipinski definition) is 2.